The van der Waals surface area contributed by atoms with Gasteiger partial charge < -0.3 is 15.2 Å². The van der Waals surface area contributed by atoms with Crippen LogP contribution in [-0.2, 0) is 10.4 Å². The summed E-state index contributed by atoms with van der Waals surface area (Å²) in [5, 5.41) is 15.4. The summed E-state index contributed by atoms with van der Waals surface area (Å²) in [4.78, 5) is 15.5. The fourth-order valence-electron chi connectivity index (χ4n) is 4.94. The summed E-state index contributed by atoms with van der Waals surface area (Å²) in [5.74, 6) is 0.236. The number of para-hydroxylation sites is 1. The molecule has 3 aromatic rings. The first-order valence-corrected chi connectivity index (χ1v) is 13.0. The predicted molar refractivity (Wildman–Crippen MR) is 145 cm³/mol. The normalized spacial score (nSPS) is 17.2. The Kier molecular flexibility index (Phi) is 8.58. The number of benzene rings is 3. The quantitative estimate of drug-likeness (QED) is 0.380. The van der Waals surface area contributed by atoms with Crippen molar-refractivity contribution in [1.29, 1.82) is 0 Å². The van der Waals surface area contributed by atoms with E-state index >= 15 is 0 Å². The summed E-state index contributed by atoms with van der Waals surface area (Å²) >= 11 is 12.5. The van der Waals surface area contributed by atoms with Gasteiger partial charge in [-0.05, 0) is 49.1 Å². The van der Waals surface area contributed by atoms with Crippen LogP contribution in [0.25, 0.3) is 0 Å². The van der Waals surface area contributed by atoms with Gasteiger partial charge in [0.05, 0.1) is 34.7 Å². The fourth-order valence-corrected chi connectivity index (χ4v) is 5.24. The second-order valence-electron chi connectivity index (χ2n) is 9.33. The largest absolute Gasteiger partial charge is 0.496 e. The van der Waals surface area contributed by atoms with Gasteiger partial charge in [-0.3, -0.25) is 9.69 Å². The number of carbonyl (C=O) groups is 1. The highest BCUT2D eigenvalue weighted by Crippen LogP contribution is 2.37. The molecule has 1 aliphatic heterocycles. The molecule has 190 valence electrons. The lowest BCUT2D eigenvalue weighted by Gasteiger charge is -2.42. The molecular formula is C29H32Cl2N2O3. The maximum atomic E-state index is 13.2. The monoisotopic (exact) mass is 526 g/mol. The lowest BCUT2D eigenvalue weighted by Crippen LogP contribution is -2.47. The molecule has 0 saturated carbocycles. The van der Waals surface area contributed by atoms with E-state index in [0.717, 1.165) is 16.7 Å². The van der Waals surface area contributed by atoms with E-state index in [9.17, 15) is 9.90 Å². The Morgan fingerprint density at radius 3 is 2.36 bits per heavy atom. The van der Waals surface area contributed by atoms with Gasteiger partial charge in [0.2, 0.25) is 5.91 Å². The van der Waals surface area contributed by atoms with Crippen molar-refractivity contribution in [3.05, 3.63) is 99.5 Å². The number of ether oxygens (including phenoxy) is 1. The number of rotatable bonds is 8. The summed E-state index contributed by atoms with van der Waals surface area (Å²) in [6.07, 6.45) is 1.20. The van der Waals surface area contributed by atoms with E-state index in [1.807, 2.05) is 73.7 Å². The molecule has 36 heavy (non-hydrogen) atoms. The summed E-state index contributed by atoms with van der Waals surface area (Å²) in [5.41, 5.74) is 1.89. The number of halogens is 2. The van der Waals surface area contributed by atoms with Gasteiger partial charge in [-0.15, -0.1) is 0 Å². The van der Waals surface area contributed by atoms with E-state index < -0.39 is 5.60 Å². The molecule has 0 bridgehead atoms. The molecule has 0 aromatic heterocycles. The van der Waals surface area contributed by atoms with Crippen LogP contribution in [0.2, 0.25) is 10.0 Å². The van der Waals surface area contributed by atoms with Crippen LogP contribution >= 0.6 is 23.2 Å². The highest BCUT2D eigenvalue weighted by molar-refractivity contribution is 6.42. The number of nitrogens with zero attached hydrogens (tertiary/aromatic N) is 1. The maximum absolute atomic E-state index is 13.2. The first kappa shape index (κ1) is 26.5. The summed E-state index contributed by atoms with van der Waals surface area (Å²) in [6, 6.07) is 22.9. The zero-order chi connectivity index (χ0) is 25.7. The first-order valence-electron chi connectivity index (χ1n) is 12.2. The van der Waals surface area contributed by atoms with Crippen LogP contribution in [0.1, 0.15) is 48.4 Å². The Morgan fingerprint density at radius 2 is 1.69 bits per heavy atom. The Balaban J connectivity index is 1.51. The number of aliphatic hydroxyl groups is 1. The minimum atomic E-state index is -0.860. The molecule has 1 saturated heterocycles. The van der Waals surface area contributed by atoms with E-state index in [0.29, 0.717) is 48.3 Å². The van der Waals surface area contributed by atoms with Crippen LogP contribution in [0, 0.1) is 0 Å². The molecule has 2 N–H and O–H groups in total. The average molecular weight is 527 g/mol. The van der Waals surface area contributed by atoms with Crippen LogP contribution in [0.3, 0.4) is 0 Å². The van der Waals surface area contributed by atoms with Crippen molar-refractivity contribution in [3.8, 4) is 5.75 Å². The van der Waals surface area contributed by atoms with Gasteiger partial charge in [0.15, 0.2) is 0 Å². The van der Waals surface area contributed by atoms with Crippen LogP contribution < -0.4 is 10.1 Å². The minimum Gasteiger partial charge on any atom is -0.496 e. The Labute approximate surface area is 223 Å². The molecule has 0 radical (unpaired) electrons. The first-order chi connectivity index (χ1) is 17.3. The van der Waals surface area contributed by atoms with Gasteiger partial charge in [0, 0.05) is 25.2 Å². The van der Waals surface area contributed by atoms with Gasteiger partial charge in [-0.1, -0.05) is 77.8 Å². The van der Waals surface area contributed by atoms with Gasteiger partial charge in [0.25, 0.3) is 0 Å². The van der Waals surface area contributed by atoms with Crippen molar-refractivity contribution in [3.63, 3.8) is 0 Å². The fraction of sp³-hybridized carbons (Fsp3) is 0.345. The van der Waals surface area contributed by atoms with Crippen LogP contribution in [0.4, 0.5) is 0 Å². The highest BCUT2D eigenvalue weighted by Gasteiger charge is 2.36. The van der Waals surface area contributed by atoms with Crippen LogP contribution in [0.15, 0.2) is 72.8 Å². The minimum absolute atomic E-state index is 0.0811. The molecule has 3 aromatic carbocycles. The van der Waals surface area contributed by atoms with Crippen molar-refractivity contribution >= 4 is 29.1 Å². The third kappa shape index (κ3) is 5.87. The van der Waals surface area contributed by atoms with E-state index in [2.05, 4.69) is 10.2 Å². The summed E-state index contributed by atoms with van der Waals surface area (Å²) in [6.45, 7) is 3.63. The average Bonchev–Trinajstić information content (AvgIpc) is 2.91. The SMILES string of the molecule is COc1ccccc1C(C)C(=O)NCC(c1ccc(Cl)c(Cl)c1)N1CCC(O)(c2ccccc2)CC1. The molecule has 5 nitrogen and oxygen atoms in total. The zero-order valence-electron chi connectivity index (χ0n) is 20.6. The molecule has 1 heterocycles. The molecule has 2 unspecified atom stereocenters. The second-order valence-corrected chi connectivity index (χ2v) is 10.1. The number of nitrogens with one attached hydrogen (secondary N) is 1. The van der Waals surface area contributed by atoms with Gasteiger partial charge in [0.1, 0.15) is 5.75 Å². The molecule has 7 heteroatoms. The van der Waals surface area contributed by atoms with E-state index in [-0.39, 0.29) is 17.9 Å². The molecular weight excluding hydrogens is 495 g/mol. The van der Waals surface area contributed by atoms with Crippen molar-refractivity contribution in [1.82, 2.24) is 10.2 Å². The smallest absolute Gasteiger partial charge is 0.227 e. The number of methoxy groups -OCH3 is 1. The number of carbonyl (C=O) groups excluding carboxylic acids is 1. The van der Waals surface area contributed by atoms with Crippen molar-refractivity contribution < 1.29 is 14.6 Å². The van der Waals surface area contributed by atoms with Crippen molar-refractivity contribution in [2.45, 2.75) is 37.3 Å². The molecule has 1 aliphatic rings. The molecule has 0 spiro atoms. The lowest BCUT2D eigenvalue weighted by atomic mass is 9.83. The van der Waals surface area contributed by atoms with Crippen LogP contribution in [0.5, 0.6) is 5.75 Å². The Bertz CT molecular complexity index is 1180. The molecule has 0 aliphatic carbocycles. The molecule has 4 rings (SSSR count). The van der Waals surface area contributed by atoms with Crippen molar-refractivity contribution in [2.24, 2.45) is 0 Å². The Morgan fingerprint density at radius 1 is 1.03 bits per heavy atom. The number of piperidine rings is 1. The van der Waals surface area contributed by atoms with E-state index in [4.69, 9.17) is 27.9 Å². The van der Waals surface area contributed by atoms with E-state index in [1.54, 1.807) is 13.2 Å². The lowest BCUT2D eigenvalue weighted by molar-refractivity contribution is -0.122. The predicted octanol–water partition coefficient (Wildman–Crippen LogP) is 5.95. The van der Waals surface area contributed by atoms with Gasteiger partial charge >= 0.3 is 0 Å². The number of amides is 1. The number of hydrogen-bond donors (Lipinski definition) is 2. The Hall–Kier alpha value is -2.57. The summed E-state index contributed by atoms with van der Waals surface area (Å²) in [7, 11) is 1.61. The van der Waals surface area contributed by atoms with Crippen molar-refractivity contribution in [2.75, 3.05) is 26.7 Å². The standard InChI is InChI=1S/C29H32Cl2N2O3/c1-20(23-10-6-7-11-27(23)36-2)28(34)32-19-26(21-12-13-24(30)25(31)18-21)33-16-14-29(35,15-17-33)22-8-4-3-5-9-22/h3-13,18,20,26,35H,14-17,19H2,1-2H3,(H,32,34). The third-order valence-electron chi connectivity index (χ3n) is 7.17. The maximum Gasteiger partial charge on any atom is 0.227 e. The summed E-state index contributed by atoms with van der Waals surface area (Å²) < 4.78 is 5.45. The van der Waals surface area contributed by atoms with Crippen LogP contribution in [-0.4, -0.2) is 42.7 Å². The second kappa shape index (κ2) is 11.7. The number of hydrogen-bond acceptors (Lipinski definition) is 4. The van der Waals surface area contributed by atoms with Gasteiger partial charge in [-0.25, -0.2) is 0 Å². The van der Waals surface area contributed by atoms with Gasteiger partial charge in [-0.2, -0.15) is 0 Å². The molecule has 2 atom stereocenters. The number of likely N-dealkylation sites (tertiary alicyclic amines) is 1. The van der Waals surface area contributed by atoms with E-state index in [1.165, 1.54) is 0 Å². The molecule has 1 fully saturated rings. The third-order valence-corrected chi connectivity index (χ3v) is 7.91. The topological polar surface area (TPSA) is 61.8 Å². The highest BCUT2D eigenvalue weighted by atomic mass is 35.5. The molecule has 1 amide bonds. The zero-order valence-corrected chi connectivity index (χ0v) is 22.1.